The first-order valence-electron chi connectivity index (χ1n) is 7.10. The topological polar surface area (TPSA) is 34.1 Å². The van der Waals surface area contributed by atoms with Crippen LogP contribution in [-0.2, 0) is 6.54 Å². The standard InChI is InChI=1S/C16H22N2OS/c1-4-9-19-14-7-5-13(6-8-14)16-18-11-15(20-16)10-17-12(2)3/h5-8,11-12,17H,4,9-10H2,1-3H3. The van der Waals surface area contributed by atoms with Gasteiger partial charge in [0.05, 0.1) is 6.61 Å². The number of benzene rings is 1. The van der Waals surface area contributed by atoms with Gasteiger partial charge in [0.2, 0.25) is 0 Å². The Morgan fingerprint density at radius 3 is 2.65 bits per heavy atom. The Labute approximate surface area is 125 Å². The molecule has 0 fully saturated rings. The van der Waals surface area contributed by atoms with E-state index in [9.17, 15) is 0 Å². The van der Waals surface area contributed by atoms with Crippen LogP contribution in [0.2, 0.25) is 0 Å². The fourth-order valence-corrected chi connectivity index (χ4v) is 2.61. The Morgan fingerprint density at radius 1 is 1.25 bits per heavy atom. The predicted octanol–water partition coefficient (Wildman–Crippen LogP) is 4.10. The minimum Gasteiger partial charge on any atom is -0.494 e. The normalized spacial score (nSPS) is 11.0. The molecule has 0 radical (unpaired) electrons. The van der Waals surface area contributed by atoms with Crippen LogP contribution in [0.4, 0.5) is 0 Å². The molecule has 4 heteroatoms. The molecule has 2 rings (SSSR count). The molecular weight excluding hydrogens is 268 g/mol. The minimum atomic E-state index is 0.496. The van der Waals surface area contributed by atoms with Gasteiger partial charge in [0, 0.05) is 29.2 Å². The van der Waals surface area contributed by atoms with Gasteiger partial charge < -0.3 is 10.1 Å². The molecule has 1 N–H and O–H groups in total. The zero-order chi connectivity index (χ0) is 14.4. The van der Waals surface area contributed by atoms with Crippen LogP contribution >= 0.6 is 11.3 Å². The van der Waals surface area contributed by atoms with E-state index in [1.807, 2.05) is 18.3 Å². The summed E-state index contributed by atoms with van der Waals surface area (Å²) in [5.41, 5.74) is 1.15. The number of nitrogens with one attached hydrogen (secondary N) is 1. The van der Waals surface area contributed by atoms with Crippen LogP contribution in [0.1, 0.15) is 32.1 Å². The molecule has 0 spiro atoms. The molecule has 108 valence electrons. The minimum absolute atomic E-state index is 0.496. The fourth-order valence-electron chi connectivity index (χ4n) is 1.74. The van der Waals surface area contributed by atoms with Crippen molar-refractivity contribution in [2.45, 2.75) is 39.8 Å². The van der Waals surface area contributed by atoms with E-state index in [4.69, 9.17) is 4.74 Å². The molecule has 1 heterocycles. The van der Waals surface area contributed by atoms with Crippen molar-refractivity contribution in [3.8, 4) is 16.3 Å². The van der Waals surface area contributed by atoms with E-state index >= 15 is 0 Å². The number of rotatable bonds is 7. The zero-order valence-electron chi connectivity index (χ0n) is 12.3. The number of hydrogen-bond donors (Lipinski definition) is 1. The second kappa shape index (κ2) is 7.41. The third-order valence-electron chi connectivity index (χ3n) is 2.81. The summed E-state index contributed by atoms with van der Waals surface area (Å²) in [5, 5.41) is 4.47. The molecule has 0 amide bonds. The summed E-state index contributed by atoms with van der Waals surface area (Å²) < 4.78 is 5.59. The first-order chi connectivity index (χ1) is 9.69. The highest BCUT2D eigenvalue weighted by molar-refractivity contribution is 7.15. The number of ether oxygens (including phenoxy) is 1. The van der Waals surface area contributed by atoms with Crippen molar-refractivity contribution in [2.75, 3.05) is 6.61 Å². The van der Waals surface area contributed by atoms with Crippen molar-refractivity contribution in [1.82, 2.24) is 10.3 Å². The summed E-state index contributed by atoms with van der Waals surface area (Å²) in [5.74, 6) is 0.925. The third kappa shape index (κ3) is 4.32. The van der Waals surface area contributed by atoms with Crippen LogP contribution in [0.25, 0.3) is 10.6 Å². The summed E-state index contributed by atoms with van der Waals surface area (Å²) in [6.45, 7) is 8.05. The second-order valence-corrected chi connectivity index (χ2v) is 6.16. The lowest BCUT2D eigenvalue weighted by atomic mass is 10.2. The molecule has 2 aromatic rings. The molecule has 0 atom stereocenters. The molecule has 1 aromatic carbocycles. The van der Waals surface area contributed by atoms with Crippen LogP contribution < -0.4 is 10.1 Å². The number of hydrogen-bond acceptors (Lipinski definition) is 4. The van der Waals surface area contributed by atoms with E-state index in [0.717, 1.165) is 35.9 Å². The molecule has 0 saturated carbocycles. The predicted molar refractivity (Wildman–Crippen MR) is 85.3 cm³/mol. The molecule has 1 aromatic heterocycles. The van der Waals surface area contributed by atoms with Crippen LogP contribution in [0.5, 0.6) is 5.75 Å². The Kier molecular flexibility index (Phi) is 5.56. The van der Waals surface area contributed by atoms with Crippen molar-refractivity contribution in [3.05, 3.63) is 35.3 Å². The zero-order valence-corrected chi connectivity index (χ0v) is 13.2. The highest BCUT2D eigenvalue weighted by atomic mass is 32.1. The first kappa shape index (κ1) is 15.0. The van der Waals surface area contributed by atoms with Gasteiger partial charge in [-0.2, -0.15) is 0 Å². The van der Waals surface area contributed by atoms with E-state index in [2.05, 4.69) is 43.2 Å². The average molecular weight is 290 g/mol. The van der Waals surface area contributed by atoms with Gasteiger partial charge >= 0.3 is 0 Å². The molecule has 0 aliphatic rings. The molecule has 20 heavy (non-hydrogen) atoms. The molecule has 0 bridgehead atoms. The van der Waals surface area contributed by atoms with Crippen LogP contribution in [-0.4, -0.2) is 17.6 Å². The summed E-state index contributed by atoms with van der Waals surface area (Å²) in [6, 6.07) is 8.67. The number of nitrogens with zero attached hydrogens (tertiary/aromatic N) is 1. The maximum Gasteiger partial charge on any atom is 0.123 e. The SMILES string of the molecule is CCCOc1ccc(-c2ncc(CNC(C)C)s2)cc1. The van der Waals surface area contributed by atoms with Gasteiger partial charge in [0.15, 0.2) is 0 Å². The van der Waals surface area contributed by atoms with Gasteiger partial charge in [-0.1, -0.05) is 20.8 Å². The largest absolute Gasteiger partial charge is 0.494 e. The Balaban J connectivity index is 2.00. The van der Waals surface area contributed by atoms with Gasteiger partial charge in [0.25, 0.3) is 0 Å². The van der Waals surface area contributed by atoms with Gasteiger partial charge in [-0.05, 0) is 30.7 Å². The van der Waals surface area contributed by atoms with E-state index in [1.165, 1.54) is 4.88 Å². The summed E-state index contributed by atoms with van der Waals surface area (Å²) in [6.07, 6.45) is 2.98. The molecule has 0 aliphatic carbocycles. The molecule has 0 unspecified atom stereocenters. The first-order valence-corrected chi connectivity index (χ1v) is 7.92. The van der Waals surface area contributed by atoms with Crippen molar-refractivity contribution in [3.63, 3.8) is 0 Å². The lowest BCUT2D eigenvalue weighted by molar-refractivity contribution is 0.317. The maximum absolute atomic E-state index is 5.59. The van der Waals surface area contributed by atoms with Gasteiger partial charge in [-0.15, -0.1) is 11.3 Å². The van der Waals surface area contributed by atoms with Crippen LogP contribution in [0.3, 0.4) is 0 Å². The Hall–Kier alpha value is -1.39. The van der Waals surface area contributed by atoms with E-state index in [1.54, 1.807) is 11.3 Å². The van der Waals surface area contributed by atoms with Gasteiger partial charge in [-0.25, -0.2) is 4.98 Å². The summed E-state index contributed by atoms with van der Waals surface area (Å²) in [7, 11) is 0. The Bertz CT molecular complexity index is 520. The highest BCUT2D eigenvalue weighted by Gasteiger charge is 2.05. The quantitative estimate of drug-likeness (QED) is 0.833. The van der Waals surface area contributed by atoms with Gasteiger partial charge in [0.1, 0.15) is 10.8 Å². The average Bonchev–Trinajstić information content (AvgIpc) is 2.92. The van der Waals surface area contributed by atoms with Crippen molar-refractivity contribution >= 4 is 11.3 Å². The van der Waals surface area contributed by atoms with E-state index < -0.39 is 0 Å². The van der Waals surface area contributed by atoms with Crippen LogP contribution in [0.15, 0.2) is 30.5 Å². The van der Waals surface area contributed by atoms with Gasteiger partial charge in [-0.3, -0.25) is 0 Å². The monoisotopic (exact) mass is 290 g/mol. The highest BCUT2D eigenvalue weighted by Crippen LogP contribution is 2.26. The fraction of sp³-hybridized carbons (Fsp3) is 0.438. The van der Waals surface area contributed by atoms with E-state index in [-0.39, 0.29) is 0 Å². The van der Waals surface area contributed by atoms with Crippen molar-refractivity contribution in [2.24, 2.45) is 0 Å². The van der Waals surface area contributed by atoms with E-state index in [0.29, 0.717) is 6.04 Å². The maximum atomic E-state index is 5.59. The lowest BCUT2D eigenvalue weighted by Gasteiger charge is -2.05. The molecular formula is C16H22N2OS. The molecule has 3 nitrogen and oxygen atoms in total. The van der Waals surface area contributed by atoms with Crippen molar-refractivity contribution < 1.29 is 4.74 Å². The summed E-state index contributed by atoms with van der Waals surface area (Å²) in [4.78, 5) is 5.76. The number of thiazole rings is 1. The smallest absolute Gasteiger partial charge is 0.123 e. The molecule has 0 aliphatic heterocycles. The molecule has 0 saturated heterocycles. The Morgan fingerprint density at radius 2 is 2.00 bits per heavy atom. The summed E-state index contributed by atoms with van der Waals surface area (Å²) >= 11 is 1.74. The third-order valence-corrected chi connectivity index (χ3v) is 3.86. The number of aromatic nitrogens is 1. The second-order valence-electron chi connectivity index (χ2n) is 5.04. The van der Waals surface area contributed by atoms with Crippen LogP contribution in [0, 0.1) is 0 Å². The van der Waals surface area contributed by atoms with Crippen molar-refractivity contribution in [1.29, 1.82) is 0 Å². The lowest BCUT2D eigenvalue weighted by Crippen LogP contribution is -2.21.